The van der Waals surface area contributed by atoms with E-state index in [4.69, 9.17) is 4.74 Å². The Labute approximate surface area is 192 Å². The lowest BCUT2D eigenvalue weighted by Gasteiger charge is -2.37. The molecule has 0 bridgehead atoms. The molecule has 0 saturated carbocycles. The molecule has 3 aromatic rings. The Bertz CT molecular complexity index is 1120. The lowest BCUT2D eigenvalue weighted by molar-refractivity contribution is -0.947. The van der Waals surface area contributed by atoms with Gasteiger partial charge >= 0.3 is 17.1 Å². The Morgan fingerprint density at radius 1 is 0.875 bits per heavy atom. The lowest BCUT2D eigenvalue weighted by atomic mass is 10.2. The van der Waals surface area contributed by atoms with Crippen LogP contribution in [0.15, 0.2) is 84.9 Å². The normalized spacial score (nSPS) is 17.7. The Morgan fingerprint density at radius 2 is 1.47 bits per heavy atom. The minimum absolute atomic E-state index is 0.176. The van der Waals surface area contributed by atoms with Crippen molar-refractivity contribution in [2.45, 2.75) is 19.4 Å². The third kappa shape index (κ3) is 4.44. The number of hydrogen-bond acceptors (Lipinski definition) is 4. The number of para-hydroxylation sites is 1. The largest absolute Gasteiger partial charge is 0.457 e. The first-order chi connectivity index (χ1) is 15.5. The molecule has 162 valence electrons. The van der Waals surface area contributed by atoms with E-state index < -0.39 is 15.7 Å². The van der Waals surface area contributed by atoms with Crippen LogP contribution in [-0.4, -0.2) is 33.2 Å². The summed E-state index contributed by atoms with van der Waals surface area (Å²) in [4.78, 5) is 38.8. The highest BCUT2D eigenvalue weighted by Crippen LogP contribution is 2.31. The molecule has 6 nitrogen and oxygen atoms in total. The molecule has 1 aliphatic rings. The number of carbonyl (C=O) groups is 3. The van der Waals surface area contributed by atoms with Crippen molar-refractivity contribution in [3.63, 3.8) is 0 Å². The average Bonchev–Trinajstić information content (AvgIpc) is 3.16. The molecular formula is C25H23N2O4S+. The number of nitrogens with zero attached hydrogens (tertiary/aromatic N) is 2. The van der Waals surface area contributed by atoms with E-state index in [9.17, 15) is 14.4 Å². The minimum atomic E-state index is -0.752. The van der Waals surface area contributed by atoms with Crippen molar-refractivity contribution in [1.82, 2.24) is 5.01 Å². The van der Waals surface area contributed by atoms with Crippen molar-refractivity contribution in [2.24, 2.45) is 0 Å². The van der Waals surface area contributed by atoms with Crippen LogP contribution in [0.3, 0.4) is 0 Å². The van der Waals surface area contributed by atoms with Crippen molar-refractivity contribution in [3.05, 3.63) is 96.1 Å². The van der Waals surface area contributed by atoms with Crippen molar-refractivity contribution < 1.29 is 23.7 Å². The Morgan fingerprint density at radius 3 is 2.03 bits per heavy atom. The summed E-state index contributed by atoms with van der Waals surface area (Å²) in [5.74, 6) is 0.659. The van der Waals surface area contributed by atoms with Gasteiger partial charge < -0.3 is 4.74 Å². The number of rotatable bonds is 6. The van der Waals surface area contributed by atoms with Crippen molar-refractivity contribution >= 4 is 29.7 Å². The summed E-state index contributed by atoms with van der Waals surface area (Å²) in [7, 11) is 0. The molecule has 0 aromatic heterocycles. The van der Waals surface area contributed by atoms with E-state index in [2.05, 4.69) is 12.6 Å². The molecule has 32 heavy (non-hydrogen) atoms. The van der Waals surface area contributed by atoms with Gasteiger partial charge in [-0.3, -0.25) is 9.59 Å². The van der Waals surface area contributed by atoms with Gasteiger partial charge in [0.25, 0.3) is 0 Å². The molecule has 1 aliphatic heterocycles. The zero-order chi connectivity index (χ0) is 22.6. The number of hydrogen-bond donors (Lipinski definition) is 1. The predicted octanol–water partition coefficient (Wildman–Crippen LogP) is 5.22. The molecule has 0 N–H and O–H groups in total. The molecule has 1 fully saturated rings. The fraction of sp³-hybridized carbons (Fsp3) is 0.160. The SMILES string of the molecule is O=C(S)N(C(=O)c1ccccc1)[N+]1(Cc2ccc(Oc3ccccc3)cc2)CCCC1=O. The highest BCUT2D eigenvalue weighted by atomic mass is 32.1. The fourth-order valence-corrected chi connectivity index (χ4v) is 4.25. The van der Waals surface area contributed by atoms with E-state index >= 15 is 0 Å². The average molecular weight is 448 g/mol. The van der Waals surface area contributed by atoms with E-state index in [0.29, 0.717) is 30.7 Å². The molecule has 3 amide bonds. The van der Waals surface area contributed by atoms with Gasteiger partial charge in [0.2, 0.25) is 0 Å². The van der Waals surface area contributed by atoms with Crippen LogP contribution in [-0.2, 0) is 11.3 Å². The summed E-state index contributed by atoms with van der Waals surface area (Å²) < 4.78 is 5.43. The molecule has 1 unspecified atom stereocenters. The highest BCUT2D eigenvalue weighted by molar-refractivity contribution is 7.96. The van der Waals surface area contributed by atoms with Crippen molar-refractivity contribution in [3.8, 4) is 11.5 Å². The van der Waals surface area contributed by atoms with Gasteiger partial charge in [0.1, 0.15) is 24.6 Å². The van der Waals surface area contributed by atoms with Gasteiger partial charge in [-0.1, -0.05) is 54.0 Å². The molecule has 3 aromatic carbocycles. The fourth-order valence-electron chi connectivity index (χ4n) is 3.99. The maximum Gasteiger partial charge on any atom is 0.339 e. The molecule has 0 aliphatic carbocycles. The van der Waals surface area contributed by atoms with Crippen LogP contribution < -0.4 is 4.74 Å². The highest BCUT2D eigenvalue weighted by Gasteiger charge is 2.52. The first-order valence-corrected chi connectivity index (χ1v) is 10.8. The topological polar surface area (TPSA) is 63.7 Å². The Balaban J connectivity index is 1.62. The zero-order valence-electron chi connectivity index (χ0n) is 17.4. The quantitative estimate of drug-likeness (QED) is 0.416. The molecule has 0 radical (unpaired) electrons. The van der Waals surface area contributed by atoms with Gasteiger partial charge in [0.15, 0.2) is 0 Å². The van der Waals surface area contributed by atoms with Crippen LogP contribution >= 0.6 is 12.6 Å². The van der Waals surface area contributed by atoms with Crippen LogP contribution in [0.25, 0.3) is 0 Å². The number of likely N-dealkylation sites (tertiary alicyclic amines) is 1. The Kier molecular flexibility index (Phi) is 6.39. The summed E-state index contributed by atoms with van der Waals surface area (Å²) in [6.07, 6.45) is 0.891. The molecule has 1 atom stereocenters. The summed E-state index contributed by atoms with van der Waals surface area (Å²) in [6.45, 7) is 0.529. The van der Waals surface area contributed by atoms with Gasteiger partial charge in [-0.25, -0.2) is 4.79 Å². The second kappa shape index (κ2) is 9.38. The minimum Gasteiger partial charge on any atom is -0.457 e. The van der Waals surface area contributed by atoms with E-state index in [-0.39, 0.29) is 12.5 Å². The monoisotopic (exact) mass is 447 g/mol. The number of imide groups is 1. The van der Waals surface area contributed by atoms with Gasteiger partial charge in [-0.2, -0.15) is 0 Å². The van der Waals surface area contributed by atoms with Crippen LogP contribution in [0.4, 0.5) is 4.79 Å². The van der Waals surface area contributed by atoms with Gasteiger partial charge in [-0.05, 0) is 48.5 Å². The van der Waals surface area contributed by atoms with Gasteiger partial charge in [0.05, 0.1) is 6.42 Å². The lowest BCUT2D eigenvalue weighted by Crippen LogP contribution is -2.63. The predicted molar refractivity (Wildman–Crippen MR) is 123 cm³/mol. The van der Waals surface area contributed by atoms with Gasteiger partial charge in [0, 0.05) is 17.5 Å². The number of carbonyl (C=O) groups excluding carboxylic acids is 3. The first-order valence-electron chi connectivity index (χ1n) is 10.3. The molecule has 7 heteroatoms. The molecule has 1 heterocycles. The summed E-state index contributed by atoms with van der Waals surface area (Å²) in [5.41, 5.74) is 1.14. The van der Waals surface area contributed by atoms with Crippen LogP contribution in [0.2, 0.25) is 0 Å². The smallest absolute Gasteiger partial charge is 0.339 e. The zero-order valence-corrected chi connectivity index (χ0v) is 18.3. The first kappa shape index (κ1) is 21.8. The van der Waals surface area contributed by atoms with E-state index in [1.165, 1.54) is 0 Å². The number of amides is 3. The second-order valence-corrected chi connectivity index (χ2v) is 8.01. The molecule has 0 spiro atoms. The number of ether oxygens (including phenoxy) is 1. The van der Waals surface area contributed by atoms with Gasteiger partial charge in [-0.15, -0.1) is 4.59 Å². The Hall–Kier alpha value is -3.42. The third-order valence-electron chi connectivity index (χ3n) is 5.51. The summed E-state index contributed by atoms with van der Waals surface area (Å²) in [6, 6.07) is 25.2. The number of quaternary nitrogens is 1. The number of thiol groups is 1. The standard InChI is InChI=1S/C25H22N2O4S/c28-23-12-7-17-27(23,26(25(30)32)24(29)20-8-3-1-4-9-20)18-19-13-15-22(16-14-19)31-21-10-5-2-6-11-21/h1-6,8-11,13-16H,7,12,17-18H2/p+1. The second-order valence-electron chi connectivity index (χ2n) is 7.63. The maximum absolute atomic E-state index is 13.2. The van der Waals surface area contributed by atoms with E-state index in [0.717, 1.165) is 16.3 Å². The van der Waals surface area contributed by atoms with E-state index in [1.807, 2.05) is 54.6 Å². The molecule has 1 saturated heterocycles. The van der Waals surface area contributed by atoms with Crippen molar-refractivity contribution in [1.29, 1.82) is 0 Å². The maximum atomic E-state index is 13.2. The molecular weight excluding hydrogens is 424 g/mol. The van der Waals surface area contributed by atoms with E-state index in [1.54, 1.807) is 30.3 Å². The van der Waals surface area contributed by atoms with Crippen LogP contribution in [0.1, 0.15) is 28.8 Å². The van der Waals surface area contributed by atoms with Crippen LogP contribution in [0.5, 0.6) is 11.5 Å². The summed E-state index contributed by atoms with van der Waals surface area (Å²) in [5, 5.41) is 0.237. The van der Waals surface area contributed by atoms with Crippen molar-refractivity contribution in [2.75, 3.05) is 6.54 Å². The third-order valence-corrected chi connectivity index (χ3v) is 5.70. The summed E-state index contributed by atoms with van der Waals surface area (Å²) >= 11 is 3.97. The molecule has 4 rings (SSSR count). The van der Waals surface area contributed by atoms with Crippen LogP contribution in [0, 0.1) is 0 Å². The number of benzene rings is 3.